The molecule has 0 saturated carbocycles. The Hall–Kier alpha value is -2.98. The van der Waals surface area contributed by atoms with E-state index in [0.717, 1.165) is 5.69 Å². The quantitative estimate of drug-likeness (QED) is 0.801. The number of imidazole rings is 1. The van der Waals surface area contributed by atoms with E-state index in [1.54, 1.807) is 41.0 Å². The molecule has 3 aromatic rings. The van der Waals surface area contributed by atoms with E-state index in [1.165, 1.54) is 12.1 Å². The Kier molecular flexibility index (Phi) is 3.91. The van der Waals surface area contributed by atoms with Crippen LogP contribution in [0.5, 0.6) is 0 Å². The fourth-order valence-electron chi connectivity index (χ4n) is 2.41. The van der Waals surface area contributed by atoms with Crippen molar-refractivity contribution in [3.05, 3.63) is 65.8 Å². The number of nitriles is 1. The number of aromatic nitrogens is 4. The Morgan fingerprint density at radius 3 is 2.91 bits per heavy atom. The van der Waals surface area contributed by atoms with Gasteiger partial charge in [0, 0.05) is 18.0 Å². The number of halogens is 1. The molecule has 1 atom stereocenters. The molecule has 0 aliphatic heterocycles. The van der Waals surface area contributed by atoms with Gasteiger partial charge in [-0.15, -0.1) is 0 Å². The van der Waals surface area contributed by atoms with Crippen molar-refractivity contribution < 1.29 is 9.50 Å². The lowest BCUT2D eigenvalue weighted by Crippen LogP contribution is -2.10. The van der Waals surface area contributed by atoms with E-state index in [9.17, 15) is 9.50 Å². The molecule has 0 radical (unpaired) electrons. The maximum Gasteiger partial charge on any atom is 0.158 e. The smallest absolute Gasteiger partial charge is 0.158 e. The first kappa shape index (κ1) is 14.9. The van der Waals surface area contributed by atoms with Gasteiger partial charge in [-0.1, -0.05) is 0 Å². The van der Waals surface area contributed by atoms with E-state index in [-0.39, 0.29) is 0 Å². The third-order valence-corrected chi connectivity index (χ3v) is 3.48. The second kappa shape index (κ2) is 6.02. The summed E-state index contributed by atoms with van der Waals surface area (Å²) in [6.07, 6.45) is 4.01. The van der Waals surface area contributed by atoms with E-state index in [1.807, 2.05) is 12.1 Å². The van der Waals surface area contributed by atoms with Gasteiger partial charge in [-0.25, -0.2) is 14.1 Å². The Bertz CT molecular complexity index is 875. The Morgan fingerprint density at radius 1 is 1.39 bits per heavy atom. The third kappa shape index (κ3) is 2.98. The average molecular weight is 311 g/mol. The van der Waals surface area contributed by atoms with Gasteiger partial charge >= 0.3 is 0 Å². The molecule has 1 unspecified atom stereocenters. The van der Waals surface area contributed by atoms with Gasteiger partial charge in [0.15, 0.2) is 5.69 Å². The average Bonchev–Trinajstić information content (AvgIpc) is 3.17. The molecule has 0 amide bonds. The summed E-state index contributed by atoms with van der Waals surface area (Å²) >= 11 is 0. The van der Waals surface area contributed by atoms with Crippen LogP contribution < -0.4 is 0 Å². The zero-order chi connectivity index (χ0) is 16.4. The lowest BCUT2D eigenvalue weighted by molar-refractivity contribution is 0.198. The fraction of sp³-hybridized carbons (Fsp3) is 0.188. The summed E-state index contributed by atoms with van der Waals surface area (Å²) in [6, 6.07) is 8.01. The molecular weight excluding hydrogens is 297 g/mol. The number of aliphatic hydroxyl groups excluding tert-OH is 1. The number of rotatable bonds is 4. The Labute approximate surface area is 132 Å². The summed E-state index contributed by atoms with van der Waals surface area (Å²) in [6.45, 7) is 2.03. The first-order valence-electron chi connectivity index (χ1n) is 7.01. The molecule has 2 aromatic heterocycles. The second-order valence-electron chi connectivity index (χ2n) is 5.16. The summed E-state index contributed by atoms with van der Waals surface area (Å²) in [5.74, 6) is -0.411. The van der Waals surface area contributed by atoms with Crippen molar-refractivity contribution in [2.24, 2.45) is 0 Å². The minimum atomic E-state index is -0.823. The zero-order valence-corrected chi connectivity index (χ0v) is 12.4. The van der Waals surface area contributed by atoms with E-state index >= 15 is 0 Å². The molecule has 1 aromatic carbocycles. The number of benzene rings is 1. The first-order chi connectivity index (χ1) is 11.1. The van der Waals surface area contributed by atoms with Crippen LogP contribution in [-0.4, -0.2) is 24.4 Å². The fourth-order valence-corrected chi connectivity index (χ4v) is 2.41. The van der Waals surface area contributed by atoms with Crippen LogP contribution in [0.2, 0.25) is 0 Å². The van der Waals surface area contributed by atoms with Gasteiger partial charge in [0.05, 0.1) is 30.4 Å². The predicted octanol–water partition coefficient (Wildman–Crippen LogP) is 2.18. The number of nitrogens with zero attached hydrogens (tertiary/aromatic N) is 5. The van der Waals surface area contributed by atoms with Gasteiger partial charge in [0.2, 0.25) is 0 Å². The maximum absolute atomic E-state index is 13.5. The van der Waals surface area contributed by atoms with Crippen LogP contribution in [0.3, 0.4) is 0 Å². The van der Waals surface area contributed by atoms with Gasteiger partial charge in [0.1, 0.15) is 11.9 Å². The Morgan fingerprint density at radius 2 is 2.22 bits per heavy atom. The van der Waals surface area contributed by atoms with Crippen LogP contribution in [0.25, 0.3) is 5.69 Å². The van der Waals surface area contributed by atoms with Gasteiger partial charge in [0.25, 0.3) is 0 Å². The summed E-state index contributed by atoms with van der Waals surface area (Å²) in [4.78, 5) is 3.96. The zero-order valence-electron chi connectivity index (χ0n) is 12.4. The normalized spacial score (nSPS) is 12.1. The maximum atomic E-state index is 13.5. The monoisotopic (exact) mass is 311 g/mol. The SMILES string of the molecule is CC(O)c1cc(F)ccc1-n1nccc1Cn1cnc(C#N)c1. The molecule has 0 fully saturated rings. The molecule has 7 heteroatoms. The molecule has 1 N–H and O–H groups in total. The van der Waals surface area contributed by atoms with Crippen LogP contribution in [0.4, 0.5) is 4.39 Å². The summed E-state index contributed by atoms with van der Waals surface area (Å²) < 4.78 is 16.9. The molecule has 2 heterocycles. The molecule has 0 bridgehead atoms. The topological polar surface area (TPSA) is 79.7 Å². The highest BCUT2D eigenvalue weighted by atomic mass is 19.1. The minimum absolute atomic E-state index is 0.336. The molecule has 116 valence electrons. The van der Waals surface area contributed by atoms with Crippen molar-refractivity contribution in [3.8, 4) is 11.8 Å². The predicted molar refractivity (Wildman–Crippen MR) is 80.2 cm³/mol. The van der Waals surface area contributed by atoms with Crippen LogP contribution >= 0.6 is 0 Å². The van der Waals surface area contributed by atoms with Gasteiger partial charge in [-0.3, -0.25) is 0 Å². The number of hydrogen-bond donors (Lipinski definition) is 1. The highest BCUT2D eigenvalue weighted by Crippen LogP contribution is 2.23. The minimum Gasteiger partial charge on any atom is -0.389 e. The molecule has 6 nitrogen and oxygen atoms in total. The number of aliphatic hydroxyl groups is 1. The van der Waals surface area contributed by atoms with Crippen LogP contribution in [0.15, 0.2) is 43.0 Å². The van der Waals surface area contributed by atoms with Crippen LogP contribution in [0.1, 0.15) is 30.0 Å². The first-order valence-corrected chi connectivity index (χ1v) is 7.01. The highest BCUT2D eigenvalue weighted by Gasteiger charge is 2.14. The van der Waals surface area contributed by atoms with E-state index in [2.05, 4.69) is 10.1 Å². The molecule has 0 spiro atoms. The molecule has 0 saturated heterocycles. The third-order valence-electron chi connectivity index (χ3n) is 3.48. The van der Waals surface area contributed by atoms with Crippen molar-refractivity contribution in [2.45, 2.75) is 19.6 Å². The molecule has 3 rings (SSSR count). The van der Waals surface area contributed by atoms with Crippen LogP contribution in [0, 0.1) is 17.1 Å². The summed E-state index contributed by atoms with van der Waals surface area (Å²) in [5.41, 5.74) is 2.23. The van der Waals surface area contributed by atoms with Gasteiger partial charge in [-0.2, -0.15) is 10.4 Å². The van der Waals surface area contributed by atoms with E-state index in [4.69, 9.17) is 5.26 Å². The van der Waals surface area contributed by atoms with Crippen LogP contribution in [-0.2, 0) is 6.54 Å². The summed E-state index contributed by atoms with van der Waals surface area (Å²) in [5, 5.41) is 23.0. The van der Waals surface area contributed by atoms with E-state index in [0.29, 0.717) is 23.5 Å². The van der Waals surface area contributed by atoms with Gasteiger partial charge in [-0.05, 0) is 31.2 Å². The standard InChI is InChI=1S/C16H14FN5O/c1-11(23)15-6-12(17)2-3-16(15)22-14(4-5-20-22)9-21-8-13(7-18)19-10-21/h2-6,8,10-11,23H,9H2,1H3. The van der Waals surface area contributed by atoms with Gasteiger partial charge < -0.3 is 9.67 Å². The lowest BCUT2D eigenvalue weighted by Gasteiger charge is -2.15. The second-order valence-corrected chi connectivity index (χ2v) is 5.16. The van der Waals surface area contributed by atoms with E-state index < -0.39 is 11.9 Å². The van der Waals surface area contributed by atoms with Crippen molar-refractivity contribution in [1.29, 1.82) is 5.26 Å². The van der Waals surface area contributed by atoms with Crippen molar-refractivity contribution in [3.63, 3.8) is 0 Å². The molecule has 23 heavy (non-hydrogen) atoms. The van der Waals surface area contributed by atoms with Crippen molar-refractivity contribution in [2.75, 3.05) is 0 Å². The number of hydrogen-bond acceptors (Lipinski definition) is 4. The lowest BCUT2D eigenvalue weighted by atomic mass is 10.1. The molecule has 0 aliphatic rings. The summed E-state index contributed by atoms with van der Waals surface area (Å²) in [7, 11) is 0. The van der Waals surface area contributed by atoms with Crippen molar-refractivity contribution >= 4 is 0 Å². The largest absolute Gasteiger partial charge is 0.389 e. The molecular formula is C16H14FN5O. The van der Waals surface area contributed by atoms with Crippen molar-refractivity contribution in [1.82, 2.24) is 19.3 Å². The highest BCUT2D eigenvalue weighted by molar-refractivity contribution is 5.43. The molecule has 0 aliphatic carbocycles. The Balaban J connectivity index is 2.00.